The van der Waals surface area contributed by atoms with Crippen LogP contribution in [0.4, 0.5) is 0 Å². The van der Waals surface area contributed by atoms with Crippen molar-refractivity contribution in [1.82, 2.24) is 10.6 Å². The molecular weight excluding hydrogens is 161 g/mol. The largest absolute Gasteiger partial charge is 1.00 e. The average molecular weight is 169 g/mol. The summed E-state index contributed by atoms with van der Waals surface area (Å²) >= 11 is 0. The molecule has 2 N–H and O–H groups in total. The van der Waals surface area contributed by atoms with E-state index in [9.17, 15) is 10.1 Å². The van der Waals surface area contributed by atoms with Gasteiger partial charge in [-0.1, -0.05) is 0 Å². The van der Waals surface area contributed by atoms with E-state index < -0.39 is 4.92 Å². The number of nitro groups is 1. The maximum absolute atomic E-state index is 9.80. The second-order valence-electron chi connectivity index (χ2n) is 1.68. The molecule has 0 bridgehead atoms. The van der Waals surface area contributed by atoms with E-state index in [0.717, 1.165) is 19.3 Å². The Kier molecular flexibility index (Phi) is 5.27. The maximum Gasteiger partial charge on any atom is 1.00 e. The van der Waals surface area contributed by atoms with Gasteiger partial charge in [-0.2, -0.15) is 0 Å². The zero-order valence-electron chi connectivity index (χ0n) is 6.76. The quantitative estimate of drug-likeness (QED) is 0.241. The third-order valence-corrected chi connectivity index (χ3v) is 0.990. The van der Waals surface area contributed by atoms with Crippen LogP contribution in [-0.4, -0.2) is 18.0 Å². The van der Waals surface area contributed by atoms with Crippen molar-refractivity contribution in [2.24, 2.45) is 0 Å². The minimum Gasteiger partial charge on any atom is -1.00 e. The van der Waals surface area contributed by atoms with Crippen LogP contribution < -0.4 is 62.0 Å². The Labute approximate surface area is 102 Å². The number of rotatable bonds is 1. The molecule has 0 atom stereocenters. The summed E-state index contributed by atoms with van der Waals surface area (Å²) in [4.78, 5) is 9.32. The molecule has 1 rings (SSSR count). The second kappa shape index (κ2) is 5.08. The van der Waals surface area contributed by atoms with Crippen molar-refractivity contribution in [2.45, 2.75) is 0 Å². The molecule has 0 aromatic rings. The van der Waals surface area contributed by atoms with Crippen LogP contribution in [0.2, 0.25) is 0 Å². The molecule has 0 radical (unpaired) electrons. The topological polar surface area (TPSA) is 67.2 Å². The summed E-state index contributed by atoms with van der Waals surface area (Å²) in [6.07, 6.45) is 0.924. The van der Waals surface area contributed by atoms with E-state index in [1.807, 2.05) is 0 Å². The molecule has 0 aliphatic carbocycles. The minimum atomic E-state index is -0.485. The smallest absolute Gasteiger partial charge is 1.00 e. The molecule has 1 heterocycles. The van der Waals surface area contributed by atoms with Gasteiger partial charge in [-0.25, -0.2) is 0 Å². The zero-order chi connectivity index (χ0) is 6.69. The molecule has 0 aromatic carbocycles. The zero-order valence-corrected chi connectivity index (χ0v) is 8.88. The second-order valence-corrected chi connectivity index (χ2v) is 1.68. The van der Waals surface area contributed by atoms with Crippen LogP contribution in [0.3, 0.4) is 0 Å². The van der Waals surface area contributed by atoms with E-state index in [2.05, 4.69) is 10.6 Å². The summed E-state index contributed by atoms with van der Waals surface area (Å²) in [5.74, 6) is 0.500. The number of hydrogen-bond donors (Lipinski definition) is 2. The predicted molar refractivity (Wildman–Crippen MR) is 32.2 cm³/mol. The Morgan fingerprint density at radius 3 is 2.50 bits per heavy atom. The van der Waals surface area contributed by atoms with Gasteiger partial charge in [-0.05, 0) is 0 Å². The minimum absolute atomic E-state index is 0. The molecule has 10 heavy (non-hydrogen) atoms. The van der Waals surface area contributed by atoms with Crippen molar-refractivity contribution >= 4 is 0 Å². The number of nitrogens with one attached hydrogen (secondary N) is 2. The van der Waals surface area contributed by atoms with Crippen molar-refractivity contribution in [1.29, 1.82) is 0 Å². The summed E-state index contributed by atoms with van der Waals surface area (Å²) in [5, 5.41) is 15.4. The van der Waals surface area contributed by atoms with Crippen molar-refractivity contribution in [2.75, 3.05) is 13.1 Å². The van der Waals surface area contributed by atoms with Gasteiger partial charge in [0.05, 0.1) is 4.92 Å². The molecule has 1 fully saturated rings. The normalized spacial score (nSPS) is 14.6. The van der Waals surface area contributed by atoms with Crippen LogP contribution in [0.15, 0.2) is 12.0 Å². The van der Waals surface area contributed by atoms with E-state index in [1.54, 1.807) is 0 Å². The summed E-state index contributed by atoms with van der Waals surface area (Å²) in [6, 6.07) is 0. The molecule has 52 valence electrons. The Morgan fingerprint density at radius 2 is 2.10 bits per heavy atom. The van der Waals surface area contributed by atoms with E-state index in [1.165, 1.54) is 0 Å². The Hall–Kier alpha value is 0.376. The first-order chi connectivity index (χ1) is 4.29. The van der Waals surface area contributed by atoms with Gasteiger partial charge in [0.1, 0.15) is 0 Å². The van der Waals surface area contributed by atoms with Crippen molar-refractivity contribution < 1.29 is 57.7 Å². The number of nitrogens with zero attached hydrogens (tertiary/aromatic N) is 1. The van der Waals surface area contributed by atoms with Gasteiger partial charge in [0, 0.05) is 13.1 Å². The van der Waals surface area contributed by atoms with Crippen molar-refractivity contribution in [3.8, 4) is 0 Å². The monoisotopic (exact) mass is 169 g/mol. The molecule has 0 saturated carbocycles. The first-order valence-corrected chi connectivity index (χ1v) is 2.62. The molecule has 5 nitrogen and oxygen atoms in total. The maximum atomic E-state index is 9.80. The fourth-order valence-corrected chi connectivity index (χ4v) is 0.654. The third-order valence-electron chi connectivity index (χ3n) is 0.990. The molecule has 0 unspecified atom stereocenters. The molecule has 0 amide bonds. The van der Waals surface area contributed by atoms with Crippen LogP contribution >= 0.6 is 0 Å². The fourth-order valence-electron chi connectivity index (χ4n) is 0.654. The van der Waals surface area contributed by atoms with Crippen LogP contribution in [0.1, 0.15) is 1.43 Å². The predicted octanol–water partition coefficient (Wildman–Crippen LogP) is -3.63. The first-order valence-electron chi connectivity index (χ1n) is 2.62. The molecule has 1 aliphatic heterocycles. The summed E-state index contributed by atoms with van der Waals surface area (Å²) < 4.78 is 0. The molecule has 0 aromatic heterocycles. The van der Waals surface area contributed by atoms with Crippen molar-refractivity contribution in [3.63, 3.8) is 0 Å². The van der Waals surface area contributed by atoms with Crippen LogP contribution in [0.25, 0.3) is 0 Å². The molecule has 1 aliphatic rings. The van der Waals surface area contributed by atoms with E-state index in [-0.39, 0.29) is 52.8 Å². The van der Waals surface area contributed by atoms with Crippen LogP contribution in [0.5, 0.6) is 0 Å². The van der Waals surface area contributed by atoms with Crippen molar-refractivity contribution in [3.05, 3.63) is 22.1 Å². The van der Waals surface area contributed by atoms with Gasteiger partial charge in [0.2, 0.25) is 0 Å². The van der Waals surface area contributed by atoms with E-state index >= 15 is 0 Å². The van der Waals surface area contributed by atoms with Gasteiger partial charge >= 0.3 is 51.4 Å². The van der Waals surface area contributed by atoms with Gasteiger partial charge < -0.3 is 12.1 Å². The number of hydrogen-bond acceptors (Lipinski definition) is 4. The third kappa shape index (κ3) is 3.52. The van der Waals surface area contributed by atoms with Gasteiger partial charge in [-0.15, -0.1) is 0 Å². The first kappa shape index (κ1) is 10.4. The summed E-state index contributed by atoms with van der Waals surface area (Å²) in [6.45, 7) is 1.53. The Morgan fingerprint density at radius 1 is 1.60 bits per heavy atom. The Bertz CT molecular complexity index is 155. The van der Waals surface area contributed by atoms with Gasteiger partial charge in [0.15, 0.2) is 5.82 Å². The molecule has 0 spiro atoms. The SMILES string of the molecule is O=[N+]([O-])C=C1NCCN1.[H-].[K+]. The summed E-state index contributed by atoms with van der Waals surface area (Å²) in [7, 11) is 0. The molecule has 1 saturated heterocycles. The average Bonchev–Trinajstić information content (AvgIpc) is 2.15. The van der Waals surface area contributed by atoms with E-state index in [0.29, 0.717) is 5.82 Å². The molecule has 6 heteroatoms. The van der Waals surface area contributed by atoms with Gasteiger partial charge in [-0.3, -0.25) is 10.1 Å². The van der Waals surface area contributed by atoms with E-state index in [4.69, 9.17) is 0 Å². The van der Waals surface area contributed by atoms with Crippen LogP contribution in [0, 0.1) is 10.1 Å². The van der Waals surface area contributed by atoms with Gasteiger partial charge in [0.25, 0.3) is 6.20 Å². The summed E-state index contributed by atoms with van der Waals surface area (Å²) in [5.41, 5.74) is 0. The van der Waals surface area contributed by atoms with Crippen LogP contribution in [-0.2, 0) is 0 Å². The Balaban J connectivity index is 0. The standard InChI is InChI=1S/C4H7N3O2.K.H/c8-7(9)3-4-5-1-2-6-4;;/h3,5-6H,1-2H2;;/q;+1;-1. The fraction of sp³-hybridized carbons (Fsp3) is 0.500. The molecular formula is C4H8KN3O2.